The van der Waals surface area contributed by atoms with E-state index in [4.69, 9.17) is 9.47 Å². The topological polar surface area (TPSA) is 84.9 Å². The number of rotatable bonds is 5. The van der Waals surface area contributed by atoms with Gasteiger partial charge in [0, 0.05) is 12.1 Å². The number of phenolic OH excluding ortho intramolecular Hbond substituents is 1. The highest BCUT2D eigenvalue weighted by Gasteiger charge is 2.22. The molecule has 2 N–H and O–H groups in total. The highest BCUT2D eigenvalue weighted by Crippen LogP contribution is 2.24. The minimum atomic E-state index is -1.31. The van der Waals surface area contributed by atoms with Gasteiger partial charge in [0.15, 0.2) is 6.10 Å². The smallest absolute Gasteiger partial charge is 0.342 e. The number of benzene rings is 2. The average molecular weight is 351 g/mol. The Labute approximate surface area is 142 Å². The van der Waals surface area contributed by atoms with Crippen molar-refractivity contribution in [2.24, 2.45) is 0 Å². The lowest BCUT2D eigenvalue weighted by Crippen LogP contribution is -2.30. The van der Waals surface area contributed by atoms with Crippen molar-refractivity contribution in [2.75, 3.05) is 12.4 Å². The van der Waals surface area contributed by atoms with Gasteiger partial charge in [-0.05, 0) is 31.2 Å². The molecule has 2 aromatic rings. The molecule has 1 amide bonds. The van der Waals surface area contributed by atoms with Gasteiger partial charge in [-0.25, -0.2) is 13.6 Å². The first-order chi connectivity index (χ1) is 11.8. The van der Waals surface area contributed by atoms with Crippen LogP contribution in [0.25, 0.3) is 0 Å². The first-order valence-corrected chi connectivity index (χ1v) is 7.15. The fourth-order valence-corrected chi connectivity index (χ4v) is 1.92. The monoisotopic (exact) mass is 351 g/mol. The lowest BCUT2D eigenvalue weighted by atomic mass is 10.2. The Bertz CT molecular complexity index is 810. The van der Waals surface area contributed by atoms with Crippen molar-refractivity contribution >= 4 is 17.6 Å². The van der Waals surface area contributed by atoms with Crippen LogP contribution in [0.15, 0.2) is 36.4 Å². The molecule has 2 aromatic carbocycles. The van der Waals surface area contributed by atoms with Gasteiger partial charge in [0.2, 0.25) is 0 Å². The number of hydrogen-bond donors (Lipinski definition) is 2. The second-order valence-electron chi connectivity index (χ2n) is 5.04. The molecule has 0 heterocycles. The van der Waals surface area contributed by atoms with Crippen LogP contribution in [0, 0.1) is 11.6 Å². The van der Waals surface area contributed by atoms with Crippen molar-refractivity contribution in [3.63, 3.8) is 0 Å². The minimum Gasteiger partial charge on any atom is -0.507 e. The summed E-state index contributed by atoms with van der Waals surface area (Å²) in [6.07, 6.45) is -1.31. The van der Waals surface area contributed by atoms with Gasteiger partial charge < -0.3 is 19.9 Å². The Kier molecular flexibility index (Phi) is 5.53. The lowest BCUT2D eigenvalue weighted by Gasteiger charge is -2.14. The molecule has 0 fully saturated rings. The summed E-state index contributed by atoms with van der Waals surface area (Å²) < 4.78 is 36.4. The van der Waals surface area contributed by atoms with Gasteiger partial charge in [0.1, 0.15) is 28.7 Å². The van der Waals surface area contributed by atoms with Crippen LogP contribution in [0.1, 0.15) is 17.3 Å². The number of carbonyl (C=O) groups is 2. The number of anilines is 1. The van der Waals surface area contributed by atoms with Gasteiger partial charge >= 0.3 is 5.97 Å². The quantitative estimate of drug-likeness (QED) is 0.809. The van der Waals surface area contributed by atoms with E-state index >= 15 is 0 Å². The third-order valence-corrected chi connectivity index (χ3v) is 3.26. The van der Waals surface area contributed by atoms with Crippen molar-refractivity contribution < 1.29 is 33.0 Å². The van der Waals surface area contributed by atoms with Crippen molar-refractivity contribution in [1.29, 1.82) is 0 Å². The fourth-order valence-electron chi connectivity index (χ4n) is 1.92. The summed E-state index contributed by atoms with van der Waals surface area (Å²) in [5.41, 5.74) is -0.544. The van der Waals surface area contributed by atoms with Crippen molar-refractivity contribution in [3.8, 4) is 11.5 Å². The zero-order chi connectivity index (χ0) is 18.6. The molecule has 1 atom stereocenters. The Morgan fingerprint density at radius 3 is 2.52 bits per heavy atom. The van der Waals surface area contributed by atoms with Crippen LogP contribution in [0.5, 0.6) is 11.5 Å². The summed E-state index contributed by atoms with van der Waals surface area (Å²) in [6, 6.07) is 6.48. The predicted molar refractivity (Wildman–Crippen MR) is 84.5 cm³/mol. The molecular weight excluding hydrogens is 336 g/mol. The zero-order valence-electron chi connectivity index (χ0n) is 13.4. The van der Waals surface area contributed by atoms with E-state index in [0.717, 1.165) is 18.2 Å². The second kappa shape index (κ2) is 7.61. The lowest BCUT2D eigenvalue weighted by molar-refractivity contribution is -0.123. The van der Waals surface area contributed by atoms with E-state index in [1.165, 1.54) is 32.2 Å². The number of amides is 1. The van der Waals surface area contributed by atoms with E-state index < -0.39 is 29.6 Å². The number of carbonyl (C=O) groups excluding carboxylic acids is 2. The molecule has 0 aliphatic carbocycles. The summed E-state index contributed by atoms with van der Waals surface area (Å²) in [7, 11) is 1.39. The number of hydrogen-bond acceptors (Lipinski definition) is 5. The van der Waals surface area contributed by atoms with Gasteiger partial charge in [-0.2, -0.15) is 0 Å². The third-order valence-electron chi connectivity index (χ3n) is 3.26. The first-order valence-electron chi connectivity index (χ1n) is 7.15. The molecule has 6 nitrogen and oxygen atoms in total. The van der Waals surface area contributed by atoms with Crippen LogP contribution in [0.4, 0.5) is 14.5 Å². The van der Waals surface area contributed by atoms with Gasteiger partial charge in [-0.1, -0.05) is 0 Å². The zero-order valence-corrected chi connectivity index (χ0v) is 13.4. The molecule has 0 aliphatic heterocycles. The number of halogens is 2. The SMILES string of the molecule is COc1ccc(C(=O)O[C@H](C)C(=O)Nc2cc(F)ccc2F)c(O)c1. The molecular formula is C17H15F2NO5. The van der Waals surface area contributed by atoms with Gasteiger partial charge in [-0.3, -0.25) is 4.79 Å². The highest BCUT2D eigenvalue weighted by molar-refractivity contribution is 5.98. The van der Waals surface area contributed by atoms with E-state index in [9.17, 15) is 23.5 Å². The number of nitrogens with one attached hydrogen (secondary N) is 1. The first kappa shape index (κ1) is 18.2. The van der Waals surface area contributed by atoms with E-state index in [1.807, 2.05) is 0 Å². The summed E-state index contributed by atoms with van der Waals surface area (Å²) in [5.74, 6) is -3.42. The van der Waals surface area contributed by atoms with Crippen molar-refractivity contribution in [2.45, 2.75) is 13.0 Å². The van der Waals surface area contributed by atoms with Crippen LogP contribution < -0.4 is 10.1 Å². The van der Waals surface area contributed by atoms with Crippen LogP contribution >= 0.6 is 0 Å². The largest absolute Gasteiger partial charge is 0.507 e. The summed E-state index contributed by atoms with van der Waals surface area (Å²) in [6.45, 7) is 1.25. The molecule has 0 aromatic heterocycles. The molecule has 0 unspecified atom stereocenters. The summed E-state index contributed by atoms with van der Waals surface area (Å²) in [5, 5.41) is 11.9. The maximum absolute atomic E-state index is 13.5. The molecule has 0 radical (unpaired) electrons. The van der Waals surface area contributed by atoms with Crippen LogP contribution in [0.2, 0.25) is 0 Å². The van der Waals surface area contributed by atoms with Crippen LogP contribution in [-0.2, 0) is 9.53 Å². The summed E-state index contributed by atoms with van der Waals surface area (Å²) >= 11 is 0. The Morgan fingerprint density at radius 2 is 1.88 bits per heavy atom. The Balaban J connectivity index is 2.05. The van der Waals surface area contributed by atoms with E-state index in [-0.39, 0.29) is 17.0 Å². The average Bonchev–Trinajstić information content (AvgIpc) is 2.57. The maximum Gasteiger partial charge on any atom is 0.342 e. The Morgan fingerprint density at radius 1 is 1.16 bits per heavy atom. The maximum atomic E-state index is 13.5. The van der Waals surface area contributed by atoms with Crippen molar-refractivity contribution in [1.82, 2.24) is 0 Å². The number of methoxy groups -OCH3 is 1. The molecule has 0 spiro atoms. The molecule has 0 saturated carbocycles. The normalized spacial score (nSPS) is 11.5. The standard InChI is InChI=1S/C17H15F2NO5/c1-9(16(22)20-14-7-10(18)3-6-13(14)19)25-17(23)12-5-4-11(24-2)8-15(12)21/h3-9,21H,1-2H3,(H,20,22)/t9-/m1/s1. The minimum absolute atomic E-state index is 0.169. The molecule has 0 aliphatic rings. The molecule has 0 bridgehead atoms. The van der Waals surface area contributed by atoms with E-state index in [1.54, 1.807) is 0 Å². The van der Waals surface area contributed by atoms with E-state index in [0.29, 0.717) is 5.75 Å². The highest BCUT2D eigenvalue weighted by atomic mass is 19.1. The van der Waals surface area contributed by atoms with Crippen LogP contribution in [-0.4, -0.2) is 30.2 Å². The summed E-state index contributed by atoms with van der Waals surface area (Å²) in [4.78, 5) is 24.0. The van der Waals surface area contributed by atoms with Gasteiger partial charge in [-0.15, -0.1) is 0 Å². The Hall–Kier alpha value is -3.16. The number of phenols is 1. The number of ether oxygens (including phenoxy) is 2. The number of esters is 1. The third kappa shape index (κ3) is 4.43. The molecule has 132 valence electrons. The molecule has 0 saturated heterocycles. The second-order valence-corrected chi connectivity index (χ2v) is 5.04. The van der Waals surface area contributed by atoms with Gasteiger partial charge in [0.25, 0.3) is 5.91 Å². The molecule has 2 rings (SSSR count). The van der Waals surface area contributed by atoms with Crippen LogP contribution in [0.3, 0.4) is 0 Å². The molecule has 25 heavy (non-hydrogen) atoms. The van der Waals surface area contributed by atoms with E-state index in [2.05, 4.69) is 5.32 Å². The molecule has 8 heteroatoms. The van der Waals surface area contributed by atoms with Crippen molar-refractivity contribution in [3.05, 3.63) is 53.6 Å². The van der Waals surface area contributed by atoms with Gasteiger partial charge in [0.05, 0.1) is 12.8 Å². The predicted octanol–water partition coefficient (Wildman–Crippen LogP) is 2.86. The fraction of sp³-hybridized carbons (Fsp3) is 0.176. The number of aromatic hydroxyl groups is 1.